The monoisotopic (exact) mass is 846 g/mol. The Morgan fingerprint density at radius 3 is 1.26 bits per heavy atom. The summed E-state index contributed by atoms with van der Waals surface area (Å²) >= 11 is 0. The lowest BCUT2D eigenvalue weighted by Crippen LogP contribution is -2.11. The van der Waals surface area contributed by atoms with Crippen molar-refractivity contribution in [1.29, 1.82) is 0 Å². The third-order valence-electron chi connectivity index (χ3n) is 13.0. The summed E-state index contributed by atoms with van der Waals surface area (Å²) in [5.41, 5.74) is 17.1. The zero-order valence-electron chi connectivity index (χ0n) is 36.7. The first-order valence-corrected chi connectivity index (χ1v) is 22.8. The van der Waals surface area contributed by atoms with E-state index in [2.05, 4.69) is 275 Å². The first kappa shape index (κ1) is 39.0. The van der Waals surface area contributed by atoms with Crippen molar-refractivity contribution in [3.8, 4) is 22.5 Å². The summed E-state index contributed by atoms with van der Waals surface area (Å²) in [7, 11) is 0. The van der Waals surface area contributed by atoms with Crippen LogP contribution in [-0.2, 0) is 6.42 Å². The SMILES string of the molecule is CCc1ccc2c(c1)c1cc(-c3ccccc3)ccc1n2-c1cc(N(c2ccccc2)c2ccccc2)cc(-n2c3ccccc3c3cc(N(c4ccccc4)c4ccccc4)ccc32)c1. The van der Waals surface area contributed by atoms with Gasteiger partial charge in [0.25, 0.3) is 0 Å². The lowest BCUT2D eigenvalue weighted by atomic mass is 10.0. The van der Waals surface area contributed by atoms with Crippen LogP contribution in [0.4, 0.5) is 34.1 Å². The van der Waals surface area contributed by atoms with Crippen LogP contribution in [0.2, 0.25) is 0 Å². The van der Waals surface area contributed by atoms with Gasteiger partial charge in [-0.15, -0.1) is 0 Å². The van der Waals surface area contributed by atoms with Crippen LogP contribution in [0.3, 0.4) is 0 Å². The second-order valence-electron chi connectivity index (χ2n) is 16.9. The molecule has 0 saturated heterocycles. The second kappa shape index (κ2) is 16.5. The molecule has 0 spiro atoms. The van der Waals surface area contributed by atoms with Crippen LogP contribution in [0.5, 0.6) is 0 Å². The molecule has 2 aromatic heterocycles. The first-order valence-electron chi connectivity index (χ1n) is 22.8. The molecule has 12 aromatic rings. The lowest BCUT2D eigenvalue weighted by Gasteiger charge is -2.27. The van der Waals surface area contributed by atoms with Crippen LogP contribution in [0.1, 0.15) is 12.5 Å². The van der Waals surface area contributed by atoms with E-state index in [1.165, 1.54) is 49.3 Å². The normalized spacial score (nSPS) is 11.5. The maximum absolute atomic E-state index is 2.48. The standard InChI is InChI=1S/C62H46N4/c1-2-44-32-35-60-56(38-44)57-39-46(45-20-8-3-9-21-45)33-36-61(57)66(60)54-41-52(64(49-26-14-6-15-27-49)50-28-16-7-17-29-50)40-53(42-54)65-59-31-19-18-30-55(59)58-43-51(34-37-62(58)65)63(47-22-10-4-11-23-47)48-24-12-5-13-25-48/h3-43H,2H2,1H3. The minimum absolute atomic E-state index is 0.966. The Morgan fingerprint density at radius 2 is 0.712 bits per heavy atom. The van der Waals surface area contributed by atoms with E-state index in [0.717, 1.165) is 63.0 Å². The molecule has 0 aliphatic rings. The van der Waals surface area contributed by atoms with Gasteiger partial charge in [-0.2, -0.15) is 0 Å². The molecule has 0 unspecified atom stereocenters. The van der Waals surface area contributed by atoms with Crippen LogP contribution in [-0.4, -0.2) is 9.13 Å². The summed E-state index contributed by atoms with van der Waals surface area (Å²) in [6, 6.07) is 90.4. The van der Waals surface area contributed by atoms with Crippen LogP contribution in [0.15, 0.2) is 249 Å². The molecule has 2 heterocycles. The fraction of sp³-hybridized carbons (Fsp3) is 0.0323. The molecule has 10 aromatic carbocycles. The molecule has 0 aliphatic carbocycles. The van der Waals surface area contributed by atoms with Crippen molar-refractivity contribution >= 4 is 77.7 Å². The fourth-order valence-corrected chi connectivity index (χ4v) is 9.93. The number of hydrogen-bond acceptors (Lipinski definition) is 2. The number of fused-ring (bicyclic) bond motifs is 6. The average Bonchev–Trinajstić information content (AvgIpc) is 3.90. The smallest absolute Gasteiger partial charge is 0.0542 e. The predicted octanol–water partition coefficient (Wildman–Crippen LogP) is 17.0. The van der Waals surface area contributed by atoms with E-state index in [9.17, 15) is 0 Å². The summed E-state index contributed by atoms with van der Waals surface area (Å²) in [6.45, 7) is 2.24. The van der Waals surface area contributed by atoms with Gasteiger partial charge in [-0.25, -0.2) is 0 Å². The maximum Gasteiger partial charge on any atom is 0.0542 e. The van der Waals surface area contributed by atoms with E-state index in [1.807, 2.05) is 0 Å². The summed E-state index contributed by atoms with van der Waals surface area (Å²) < 4.78 is 4.94. The van der Waals surface area contributed by atoms with Gasteiger partial charge in [0.1, 0.15) is 0 Å². The molecule has 12 rings (SSSR count). The molecule has 0 atom stereocenters. The van der Waals surface area contributed by atoms with Crippen molar-refractivity contribution in [3.63, 3.8) is 0 Å². The minimum Gasteiger partial charge on any atom is -0.310 e. The van der Waals surface area contributed by atoms with Gasteiger partial charge in [-0.3, -0.25) is 0 Å². The Morgan fingerprint density at radius 1 is 0.288 bits per heavy atom. The number of benzene rings is 10. The number of nitrogens with zero attached hydrogens (tertiary/aromatic N) is 4. The van der Waals surface area contributed by atoms with E-state index in [-0.39, 0.29) is 0 Å². The topological polar surface area (TPSA) is 16.3 Å². The van der Waals surface area contributed by atoms with Crippen molar-refractivity contribution in [3.05, 3.63) is 254 Å². The summed E-state index contributed by atoms with van der Waals surface area (Å²) in [4.78, 5) is 4.73. The number of anilines is 6. The Hall–Kier alpha value is -8.60. The summed E-state index contributed by atoms with van der Waals surface area (Å²) in [5, 5.41) is 4.88. The molecule has 0 radical (unpaired) electrons. The number of rotatable bonds is 10. The second-order valence-corrected chi connectivity index (χ2v) is 16.9. The summed E-state index contributed by atoms with van der Waals surface area (Å²) in [6.07, 6.45) is 0.966. The quantitative estimate of drug-likeness (QED) is 0.136. The van der Waals surface area contributed by atoms with Gasteiger partial charge in [0.15, 0.2) is 0 Å². The van der Waals surface area contributed by atoms with E-state index in [0.29, 0.717) is 0 Å². The Bertz CT molecular complexity index is 3590. The molecule has 0 aliphatic heterocycles. The molecule has 4 nitrogen and oxygen atoms in total. The first-order chi connectivity index (χ1) is 32.7. The molecule has 0 amide bonds. The minimum atomic E-state index is 0.966. The highest BCUT2D eigenvalue weighted by atomic mass is 15.2. The van der Waals surface area contributed by atoms with Crippen molar-refractivity contribution in [1.82, 2.24) is 9.13 Å². The van der Waals surface area contributed by atoms with Gasteiger partial charge in [0, 0.05) is 50.0 Å². The highest BCUT2D eigenvalue weighted by molar-refractivity contribution is 6.12. The third-order valence-corrected chi connectivity index (χ3v) is 13.0. The highest BCUT2D eigenvalue weighted by Crippen LogP contribution is 2.44. The Labute approximate surface area is 385 Å². The van der Waals surface area contributed by atoms with Gasteiger partial charge >= 0.3 is 0 Å². The van der Waals surface area contributed by atoms with E-state index in [4.69, 9.17) is 0 Å². The number of aromatic nitrogens is 2. The predicted molar refractivity (Wildman–Crippen MR) is 279 cm³/mol. The van der Waals surface area contributed by atoms with Gasteiger partial charge in [0.2, 0.25) is 0 Å². The van der Waals surface area contributed by atoms with Crippen molar-refractivity contribution in [2.45, 2.75) is 13.3 Å². The molecule has 314 valence electrons. The van der Waals surface area contributed by atoms with Gasteiger partial charge < -0.3 is 18.9 Å². The van der Waals surface area contributed by atoms with Gasteiger partial charge in [-0.1, -0.05) is 140 Å². The van der Waals surface area contributed by atoms with Crippen LogP contribution >= 0.6 is 0 Å². The van der Waals surface area contributed by atoms with Crippen LogP contribution < -0.4 is 9.80 Å². The van der Waals surface area contributed by atoms with E-state index in [1.54, 1.807) is 0 Å². The lowest BCUT2D eigenvalue weighted by molar-refractivity contribution is 1.12. The molecule has 0 N–H and O–H groups in total. The van der Waals surface area contributed by atoms with Gasteiger partial charge in [0.05, 0.1) is 39.1 Å². The molecule has 0 bridgehead atoms. The molecular formula is C62H46N4. The number of hydrogen-bond donors (Lipinski definition) is 0. The van der Waals surface area contributed by atoms with E-state index < -0.39 is 0 Å². The number of para-hydroxylation sites is 5. The van der Waals surface area contributed by atoms with Gasteiger partial charge in [-0.05, 0) is 138 Å². The van der Waals surface area contributed by atoms with Crippen LogP contribution in [0, 0.1) is 0 Å². The fourth-order valence-electron chi connectivity index (χ4n) is 9.93. The molecule has 0 saturated carbocycles. The molecule has 66 heavy (non-hydrogen) atoms. The molecular weight excluding hydrogens is 801 g/mol. The van der Waals surface area contributed by atoms with Crippen molar-refractivity contribution in [2.75, 3.05) is 9.80 Å². The largest absolute Gasteiger partial charge is 0.310 e. The van der Waals surface area contributed by atoms with Crippen molar-refractivity contribution in [2.24, 2.45) is 0 Å². The average molecular weight is 847 g/mol. The Kier molecular flexibility index (Phi) is 9.76. The summed E-state index contributed by atoms with van der Waals surface area (Å²) in [5.74, 6) is 0. The van der Waals surface area contributed by atoms with E-state index >= 15 is 0 Å². The zero-order valence-corrected chi connectivity index (χ0v) is 36.7. The molecule has 4 heteroatoms. The molecule has 0 fully saturated rings. The van der Waals surface area contributed by atoms with Crippen LogP contribution in [0.25, 0.3) is 66.1 Å². The highest BCUT2D eigenvalue weighted by Gasteiger charge is 2.22. The maximum atomic E-state index is 2.48. The number of aryl methyl sites for hydroxylation is 1. The third kappa shape index (κ3) is 6.79. The zero-order chi connectivity index (χ0) is 44.0. The Balaban J connectivity index is 1.14. The van der Waals surface area contributed by atoms with Crippen molar-refractivity contribution < 1.29 is 0 Å².